The molecule has 8 heteroatoms. The summed E-state index contributed by atoms with van der Waals surface area (Å²) >= 11 is 6.13. The smallest absolute Gasteiger partial charge is 0.255 e. The van der Waals surface area contributed by atoms with Crippen molar-refractivity contribution >= 4 is 38.9 Å². The first-order valence-corrected chi connectivity index (χ1v) is 11.1. The number of benzene rings is 2. The largest absolute Gasteiger partial charge is 0.370 e. The van der Waals surface area contributed by atoms with Crippen LogP contribution >= 0.6 is 11.6 Å². The summed E-state index contributed by atoms with van der Waals surface area (Å²) in [5, 5.41) is 3.41. The summed E-state index contributed by atoms with van der Waals surface area (Å²) in [5.41, 5.74) is 1.80. The molecule has 1 amide bonds. The molecule has 28 heavy (non-hydrogen) atoms. The van der Waals surface area contributed by atoms with Crippen molar-refractivity contribution < 1.29 is 13.2 Å². The van der Waals surface area contributed by atoms with Gasteiger partial charge in [-0.05, 0) is 63.1 Å². The highest BCUT2D eigenvalue weighted by Gasteiger charge is 2.20. The van der Waals surface area contributed by atoms with Crippen LogP contribution in [0.15, 0.2) is 47.4 Å². The van der Waals surface area contributed by atoms with Gasteiger partial charge in [-0.15, -0.1) is 0 Å². The normalized spacial score (nSPS) is 14.5. The lowest BCUT2D eigenvalue weighted by Crippen LogP contribution is -2.30. The molecule has 0 radical (unpaired) electrons. The number of anilines is 2. The second kappa shape index (κ2) is 8.51. The molecule has 1 heterocycles. The standard InChI is InChI=1S/C20H24ClN3O3S/c1-14(2)23-28(26,27)17-7-5-6-15(12-17)20(25)22-18-13-16(21)8-9-19(18)24-10-3-4-11-24/h5-9,12-14,23H,3-4,10-11H2,1-2H3,(H,22,25). The van der Waals surface area contributed by atoms with Gasteiger partial charge in [0.1, 0.15) is 0 Å². The monoisotopic (exact) mass is 421 g/mol. The average Bonchev–Trinajstić information content (AvgIpc) is 3.15. The van der Waals surface area contributed by atoms with Crippen LogP contribution in [0.2, 0.25) is 5.02 Å². The minimum Gasteiger partial charge on any atom is -0.370 e. The van der Waals surface area contributed by atoms with Crippen LogP contribution in [0.1, 0.15) is 37.0 Å². The Labute approximate surface area is 170 Å². The van der Waals surface area contributed by atoms with E-state index in [0.717, 1.165) is 31.6 Å². The maximum absolute atomic E-state index is 12.8. The van der Waals surface area contributed by atoms with E-state index in [-0.39, 0.29) is 22.4 Å². The van der Waals surface area contributed by atoms with Gasteiger partial charge < -0.3 is 10.2 Å². The van der Waals surface area contributed by atoms with Crippen molar-refractivity contribution in [1.82, 2.24) is 4.72 Å². The Hall–Kier alpha value is -2.09. The van der Waals surface area contributed by atoms with E-state index in [1.807, 2.05) is 6.07 Å². The third-order valence-corrected chi connectivity index (χ3v) is 6.34. The third-order valence-electron chi connectivity index (χ3n) is 4.45. The van der Waals surface area contributed by atoms with Crippen LogP contribution in [0.3, 0.4) is 0 Å². The highest BCUT2D eigenvalue weighted by molar-refractivity contribution is 7.89. The number of sulfonamides is 1. The second-order valence-corrected chi connectivity index (χ2v) is 9.26. The van der Waals surface area contributed by atoms with E-state index in [9.17, 15) is 13.2 Å². The first-order valence-electron chi connectivity index (χ1n) is 9.24. The number of amides is 1. The van der Waals surface area contributed by atoms with Crippen molar-refractivity contribution in [2.45, 2.75) is 37.6 Å². The fourth-order valence-corrected chi connectivity index (χ4v) is 4.69. The maximum atomic E-state index is 12.8. The Kier molecular flexibility index (Phi) is 6.27. The van der Waals surface area contributed by atoms with E-state index in [4.69, 9.17) is 11.6 Å². The number of hydrogen-bond acceptors (Lipinski definition) is 4. The molecule has 2 N–H and O–H groups in total. The minimum atomic E-state index is -3.68. The molecule has 0 spiro atoms. The molecule has 1 saturated heterocycles. The topological polar surface area (TPSA) is 78.5 Å². The number of carbonyl (C=O) groups excluding carboxylic acids is 1. The highest BCUT2D eigenvalue weighted by Crippen LogP contribution is 2.32. The zero-order valence-electron chi connectivity index (χ0n) is 15.9. The van der Waals surface area contributed by atoms with Crippen LogP contribution in [0, 0.1) is 0 Å². The number of nitrogens with one attached hydrogen (secondary N) is 2. The first-order chi connectivity index (χ1) is 13.3. The molecule has 6 nitrogen and oxygen atoms in total. The third kappa shape index (κ3) is 4.84. The number of rotatable bonds is 6. The molecule has 0 atom stereocenters. The fourth-order valence-electron chi connectivity index (χ4n) is 3.22. The van der Waals surface area contributed by atoms with Crippen molar-refractivity contribution in [3.8, 4) is 0 Å². The van der Waals surface area contributed by atoms with Gasteiger partial charge in [-0.1, -0.05) is 17.7 Å². The Balaban J connectivity index is 1.86. The number of hydrogen-bond donors (Lipinski definition) is 2. The van der Waals surface area contributed by atoms with E-state index in [1.54, 1.807) is 38.1 Å². The lowest BCUT2D eigenvalue weighted by atomic mass is 10.2. The number of nitrogens with zero attached hydrogens (tertiary/aromatic N) is 1. The molecule has 0 unspecified atom stereocenters. The van der Waals surface area contributed by atoms with E-state index in [0.29, 0.717) is 10.7 Å². The van der Waals surface area contributed by atoms with Crippen molar-refractivity contribution in [2.75, 3.05) is 23.3 Å². The molecule has 1 aliphatic heterocycles. The Morgan fingerprint density at radius 1 is 1.11 bits per heavy atom. The van der Waals surface area contributed by atoms with Crippen LogP contribution < -0.4 is 14.9 Å². The molecular weight excluding hydrogens is 398 g/mol. The minimum absolute atomic E-state index is 0.0553. The lowest BCUT2D eigenvalue weighted by Gasteiger charge is -2.22. The molecule has 1 aliphatic rings. The predicted molar refractivity (Wildman–Crippen MR) is 113 cm³/mol. The van der Waals surface area contributed by atoms with Gasteiger partial charge in [-0.2, -0.15) is 0 Å². The summed E-state index contributed by atoms with van der Waals surface area (Å²) in [7, 11) is -3.68. The molecule has 2 aromatic carbocycles. The summed E-state index contributed by atoms with van der Waals surface area (Å²) in [4.78, 5) is 15.1. The van der Waals surface area contributed by atoms with Gasteiger partial charge >= 0.3 is 0 Å². The molecule has 0 saturated carbocycles. The van der Waals surface area contributed by atoms with Gasteiger partial charge in [0.25, 0.3) is 5.91 Å². The van der Waals surface area contributed by atoms with E-state index >= 15 is 0 Å². The molecule has 0 bridgehead atoms. The molecular formula is C20H24ClN3O3S. The Bertz CT molecular complexity index is 970. The molecule has 0 aromatic heterocycles. The van der Waals surface area contributed by atoms with Gasteiger partial charge in [0.15, 0.2) is 0 Å². The van der Waals surface area contributed by atoms with E-state index in [2.05, 4.69) is 14.9 Å². The molecule has 1 fully saturated rings. The Morgan fingerprint density at radius 2 is 1.82 bits per heavy atom. The zero-order chi connectivity index (χ0) is 20.3. The van der Waals surface area contributed by atoms with Gasteiger partial charge in [-0.25, -0.2) is 13.1 Å². The SMILES string of the molecule is CC(C)NS(=O)(=O)c1cccc(C(=O)Nc2cc(Cl)ccc2N2CCCC2)c1. The lowest BCUT2D eigenvalue weighted by molar-refractivity contribution is 0.102. The van der Waals surface area contributed by atoms with Crippen molar-refractivity contribution in [2.24, 2.45) is 0 Å². The Morgan fingerprint density at radius 3 is 2.50 bits per heavy atom. The van der Waals surface area contributed by atoms with Crippen LogP contribution in [0.5, 0.6) is 0 Å². The second-order valence-electron chi connectivity index (χ2n) is 7.11. The average molecular weight is 422 g/mol. The summed E-state index contributed by atoms with van der Waals surface area (Å²) in [6.07, 6.45) is 2.22. The quantitative estimate of drug-likeness (QED) is 0.741. The van der Waals surface area contributed by atoms with Crippen molar-refractivity contribution in [3.63, 3.8) is 0 Å². The highest BCUT2D eigenvalue weighted by atomic mass is 35.5. The molecule has 2 aromatic rings. The van der Waals surface area contributed by atoms with E-state index in [1.165, 1.54) is 12.1 Å². The van der Waals surface area contributed by atoms with Crippen molar-refractivity contribution in [1.29, 1.82) is 0 Å². The molecule has 0 aliphatic carbocycles. The van der Waals surface area contributed by atoms with Crippen LogP contribution in [0.4, 0.5) is 11.4 Å². The van der Waals surface area contributed by atoms with Crippen LogP contribution in [-0.4, -0.2) is 33.5 Å². The number of halogens is 1. The van der Waals surface area contributed by atoms with Crippen LogP contribution in [-0.2, 0) is 10.0 Å². The zero-order valence-corrected chi connectivity index (χ0v) is 17.5. The summed E-state index contributed by atoms with van der Waals surface area (Å²) < 4.78 is 27.3. The summed E-state index contributed by atoms with van der Waals surface area (Å²) in [6, 6.07) is 11.2. The van der Waals surface area contributed by atoms with Gasteiger partial charge in [-0.3, -0.25) is 4.79 Å². The first kappa shape index (κ1) is 20.6. The predicted octanol–water partition coefficient (Wildman–Crippen LogP) is 3.88. The molecule has 150 valence electrons. The fraction of sp³-hybridized carbons (Fsp3) is 0.350. The van der Waals surface area contributed by atoms with E-state index < -0.39 is 10.0 Å². The summed E-state index contributed by atoms with van der Waals surface area (Å²) in [5.74, 6) is -0.385. The number of carbonyl (C=O) groups is 1. The van der Waals surface area contributed by atoms with Gasteiger partial charge in [0, 0.05) is 29.7 Å². The van der Waals surface area contributed by atoms with Crippen LogP contribution in [0.25, 0.3) is 0 Å². The van der Waals surface area contributed by atoms with Gasteiger partial charge in [0.05, 0.1) is 16.3 Å². The van der Waals surface area contributed by atoms with Gasteiger partial charge in [0.2, 0.25) is 10.0 Å². The van der Waals surface area contributed by atoms with Crippen molar-refractivity contribution in [3.05, 3.63) is 53.1 Å². The molecule has 3 rings (SSSR count). The summed E-state index contributed by atoms with van der Waals surface area (Å²) in [6.45, 7) is 5.35. The maximum Gasteiger partial charge on any atom is 0.255 e.